The van der Waals surface area contributed by atoms with Gasteiger partial charge in [-0.1, -0.05) is 57.6 Å². The summed E-state index contributed by atoms with van der Waals surface area (Å²) in [4.78, 5) is 32.7. The van der Waals surface area contributed by atoms with Crippen LogP contribution in [-0.2, 0) is 16.1 Å². The van der Waals surface area contributed by atoms with E-state index in [1.54, 1.807) is 56.3 Å². The number of methoxy groups -OCH3 is 3. The number of para-hydroxylation sites is 1. The van der Waals surface area contributed by atoms with Gasteiger partial charge in [-0.05, 0) is 49.8 Å². The van der Waals surface area contributed by atoms with Crippen LogP contribution in [0, 0.1) is 11.3 Å². The minimum absolute atomic E-state index is 0.113. The number of thiazole rings is 1. The second-order valence-electron chi connectivity index (χ2n) is 9.97. The van der Waals surface area contributed by atoms with E-state index in [4.69, 9.17) is 23.7 Å². The topological polar surface area (TPSA) is 121 Å². The fraction of sp³-hybridized carbons (Fsp3) is 0.235. The number of benzene rings is 3. The lowest BCUT2D eigenvalue weighted by molar-refractivity contribution is -0.139. The first-order chi connectivity index (χ1) is 22.3. The van der Waals surface area contributed by atoms with Gasteiger partial charge in [0.1, 0.15) is 6.61 Å². The fourth-order valence-corrected chi connectivity index (χ4v) is 6.75. The molecule has 10 nitrogen and oxygen atoms in total. The number of allylic oxidation sites excluding steroid dienone is 1. The molecule has 0 aliphatic carbocycles. The Bertz CT molecular complexity index is 2080. The summed E-state index contributed by atoms with van der Waals surface area (Å²) in [6.07, 6.45) is 1.71. The summed E-state index contributed by atoms with van der Waals surface area (Å²) >= 11 is 4.80. The molecule has 0 bridgehead atoms. The molecular weight excluding hydrogens is 674 g/mol. The molecule has 3 aromatic carbocycles. The number of nitrogens with zero attached hydrogens (tertiary/aromatic N) is 3. The number of esters is 1. The van der Waals surface area contributed by atoms with Gasteiger partial charge in [-0.25, -0.2) is 9.79 Å². The molecule has 0 amide bonds. The molecule has 1 aromatic heterocycles. The van der Waals surface area contributed by atoms with Gasteiger partial charge in [0, 0.05) is 15.6 Å². The van der Waals surface area contributed by atoms with Crippen LogP contribution in [0.3, 0.4) is 0 Å². The van der Waals surface area contributed by atoms with Crippen molar-refractivity contribution in [2.45, 2.75) is 26.5 Å². The molecule has 46 heavy (non-hydrogen) atoms. The zero-order valence-electron chi connectivity index (χ0n) is 25.8. The fourth-order valence-electron chi connectivity index (χ4n) is 5.17. The third kappa shape index (κ3) is 6.16. The quantitative estimate of drug-likeness (QED) is 0.211. The Morgan fingerprint density at radius 1 is 1.07 bits per heavy atom. The zero-order valence-corrected chi connectivity index (χ0v) is 28.2. The van der Waals surface area contributed by atoms with Crippen LogP contribution in [0.1, 0.15) is 42.1 Å². The number of fused-ring (bicyclic) bond motifs is 1. The second kappa shape index (κ2) is 14.1. The van der Waals surface area contributed by atoms with Gasteiger partial charge < -0.3 is 23.7 Å². The van der Waals surface area contributed by atoms with E-state index in [2.05, 4.69) is 27.0 Å². The first-order valence-electron chi connectivity index (χ1n) is 14.1. The molecule has 4 aromatic rings. The summed E-state index contributed by atoms with van der Waals surface area (Å²) < 4.78 is 30.7. The summed E-state index contributed by atoms with van der Waals surface area (Å²) in [6, 6.07) is 17.3. The minimum atomic E-state index is -0.879. The lowest BCUT2D eigenvalue weighted by atomic mass is 9.95. The number of hydrogen-bond donors (Lipinski definition) is 0. The molecule has 12 heteroatoms. The van der Waals surface area contributed by atoms with E-state index in [1.165, 1.54) is 37.2 Å². The highest BCUT2D eigenvalue weighted by atomic mass is 79.9. The van der Waals surface area contributed by atoms with E-state index in [9.17, 15) is 14.9 Å². The van der Waals surface area contributed by atoms with Gasteiger partial charge in [0.25, 0.3) is 5.56 Å². The van der Waals surface area contributed by atoms with E-state index in [0.717, 1.165) is 0 Å². The average molecular weight is 705 g/mol. The first kappa shape index (κ1) is 32.5. The number of halogens is 1. The standard InChI is InChI=1S/C34H30BrN3O7S/c1-6-44-33(40)29-19(2)37-34-38(30(29)23-15-26(42-4)27(43-5)16-24(23)35)32(39)28(46-34)14-20-12-9-13-25(41-3)31(20)45-18-22-11-8-7-10-21(22)17-36/h7-16,30H,6,18H2,1-5H3/b28-14-/t30-/m1/s1. The lowest BCUT2D eigenvalue weighted by Crippen LogP contribution is -2.40. The van der Waals surface area contributed by atoms with Crippen molar-refractivity contribution in [2.75, 3.05) is 27.9 Å². The molecular formula is C34H30BrN3O7S. The Labute approximate surface area is 277 Å². The SMILES string of the molecule is CCOC(=O)C1=C(C)N=c2s/c(=C\c3cccc(OC)c3OCc3ccccc3C#N)c(=O)n2[C@@H]1c1cc(OC)c(OC)cc1Br. The van der Waals surface area contributed by atoms with Gasteiger partial charge in [0.2, 0.25) is 0 Å². The molecule has 0 unspecified atom stereocenters. The molecule has 2 heterocycles. The maximum atomic E-state index is 14.3. The van der Waals surface area contributed by atoms with E-state index in [0.29, 0.717) is 64.8 Å². The number of hydrogen-bond acceptors (Lipinski definition) is 10. The van der Waals surface area contributed by atoms with Crippen molar-refractivity contribution in [3.8, 4) is 29.1 Å². The Balaban J connectivity index is 1.69. The number of ether oxygens (including phenoxy) is 5. The monoisotopic (exact) mass is 703 g/mol. The number of nitriles is 1. The summed E-state index contributed by atoms with van der Waals surface area (Å²) in [6.45, 7) is 3.70. The van der Waals surface area contributed by atoms with Crippen molar-refractivity contribution >= 4 is 39.3 Å². The van der Waals surface area contributed by atoms with Crippen molar-refractivity contribution in [1.82, 2.24) is 4.57 Å². The highest BCUT2D eigenvalue weighted by molar-refractivity contribution is 9.10. The van der Waals surface area contributed by atoms with Crippen LogP contribution in [0.2, 0.25) is 0 Å². The van der Waals surface area contributed by atoms with Crippen molar-refractivity contribution in [3.63, 3.8) is 0 Å². The second-order valence-corrected chi connectivity index (χ2v) is 11.8. The number of carbonyl (C=O) groups is 1. The number of carbonyl (C=O) groups excluding carboxylic acids is 1. The van der Waals surface area contributed by atoms with Crippen molar-refractivity contribution < 1.29 is 28.5 Å². The van der Waals surface area contributed by atoms with E-state index >= 15 is 0 Å². The van der Waals surface area contributed by atoms with Crippen LogP contribution in [0.25, 0.3) is 6.08 Å². The minimum Gasteiger partial charge on any atom is -0.493 e. The summed E-state index contributed by atoms with van der Waals surface area (Å²) in [5, 5.41) is 9.52. The summed E-state index contributed by atoms with van der Waals surface area (Å²) in [5.74, 6) is 1.20. The Hall–Kier alpha value is -4.86. The Morgan fingerprint density at radius 2 is 1.78 bits per heavy atom. The highest BCUT2D eigenvalue weighted by Crippen LogP contribution is 2.41. The molecule has 5 rings (SSSR count). The summed E-state index contributed by atoms with van der Waals surface area (Å²) in [7, 11) is 4.57. The molecule has 1 atom stereocenters. The van der Waals surface area contributed by atoms with Gasteiger partial charge in [0.05, 0.1) is 61.4 Å². The van der Waals surface area contributed by atoms with Crippen LogP contribution in [0.5, 0.6) is 23.0 Å². The first-order valence-corrected chi connectivity index (χ1v) is 15.8. The molecule has 1 aliphatic rings. The normalized spacial score (nSPS) is 14.2. The molecule has 0 N–H and O–H groups in total. The van der Waals surface area contributed by atoms with Crippen LogP contribution in [0.15, 0.2) is 80.1 Å². The van der Waals surface area contributed by atoms with Crippen molar-refractivity contribution in [1.29, 1.82) is 5.26 Å². The molecule has 236 valence electrons. The van der Waals surface area contributed by atoms with E-state index in [-0.39, 0.29) is 24.3 Å². The van der Waals surface area contributed by atoms with Crippen LogP contribution in [0.4, 0.5) is 0 Å². The van der Waals surface area contributed by atoms with Gasteiger partial charge in [-0.15, -0.1) is 0 Å². The Morgan fingerprint density at radius 3 is 2.48 bits per heavy atom. The number of aromatic nitrogens is 1. The molecule has 0 saturated carbocycles. The van der Waals surface area contributed by atoms with Gasteiger partial charge in [-0.3, -0.25) is 9.36 Å². The maximum absolute atomic E-state index is 14.3. The Kier molecular flexibility index (Phi) is 9.94. The van der Waals surface area contributed by atoms with Gasteiger partial charge >= 0.3 is 5.97 Å². The van der Waals surface area contributed by atoms with E-state index < -0.39 is 12.0 Å². The van der Waals surface area contributed by atoms with Crippen molar-refractivity contribution in [2.24, 2.45) is 4.99 Å². The molecule has 0 saturated heterocycles. The van der Waals surface area contributed by atoms with Gasteiger partial charge in [0.15, 0.2) is 27.8 Å². The smallest absolute Gasteiger partial charge is 0.338 e. The predicted molar refractivity (Wildman–Crippen MR) is 176 cm³/mol. The molecule has 0 spiro atoms. The van der Waals surface area contributed by atoms with E-state index in [1.807, 2.05) is 18.2 Å². The largest absolute Gasteiger partial charge is 0.493 e. The zero-order chi connectivity index (χ0) is 33.0. The third-order valence-corrected chi connectivity index (χ3v) is 9.01. The number of rotatable bonds is 10. The lowest BCUT2D eigenvalue weighted by Gasteiger charge is -2.26. The average Bonchev–Trinajstić information content (AvgIpc) is 3.36. The molecule has 1 aliphatic heterocycles. The van der Waals surface area contributed by atoms with Gasteiger partial charge in [-0.2, -0.15) is 5.26 Å². The highest BCUT2D eigenvalue weighted by Gasteiger charge is 2.35. The third-order valence-electron chi connectivity index (χ3n) is 7.34. The maximum Gasteiger partial charge on any atom is 0.338 e. The van der Waals surface area contributed by atoms with Crippen LogP contribution >= 0.6 is 27.3 Å². The molecule has 0 fully saturated rings. The van der Waals surface area contributed by atoms with Crippen LogP contribution < -0.4 is 33.8 Å². The predicted octanol–water partition coefficient (Wildman–Crippen LogP) is 5.04. The summed E-state index contributed by atoms with van der Waals surface area (Å²) in [5.41, 5.74) is 2.68. The van der Waals surface area contributed by atoms with Crippen molar-refractivity contribution in [3.05, 3.63) is 112 Å². The van der Waals surface area contributed by atoms with Crippen LogP contribution in [-0.4, -0.2) is 38.5 Å². The molecule has 0 radical (unpaired) electrons.